The van der Waals surface area contributed by atoms with Crippen molar-refractivity contribution in [3.8, 4) is 0 Å². The van der Waals surface area contributed by atoms with Crippen molar-refractivity contribution in [2.24, 2.45) is 7.05 Å². The molecule has 0 aliphatic rings. The smallest absolute Gasteiger partial charge is 0.257 e. The summed E-state index contributed by atoms with van der Waals surface area (Å²) in [7, 11) is 1.68. The predicted molar refractivity (Wildman–Crippen MR) is 53.4 cm³/mol. The molecule has 5 heteroatoms. The van der Waals surface area contributed by atoms with Crippen molar-refractivity contribution in [1.82, 2.24) is 9.55 Å². The molecule has 1 rings (SSSR count). The fraction of sp³-hybridized carbons (Fsp3) is 0.500. The van der Waals surface area contributed by atoms with E-state index in [1.54, 1.807) is 20.2 Å². The molecule has 0 aliphatic carbocycles. The lowest BCUT2D eigenvalue weighted by Crippen LogP contribution is -2.24. The van der Waals surface area contributed by atoms with Crippen LogP contribution in [0.2, 0.25) is 0 Å². The highest BCUT2D eigenvalue weighted by molar-refractivity contribution is 6.18. The van der Waals surface area contributed by atoms with E-state index in [9.17, 15) is 4.79 Å². The molecule has 0 amide bonds. The molecule has 0 unspecified atom stereocenters. The van der Waals surface area contributed by atoms with Crippen molar-refractivity contribution >= 4 is 17.5 Å². The molecule has 0 atom stereocenters. The number of nitrogens with one attached hydrogen (secondary N) is 1. The van der Waals surface area contributed by atoms with E-state index < -0.39 is 0 Å². The summed E-state index contributed by atoms with van der Waals surface area (Å²) in [6, 6.07) is 0. The maximum absolute atomic E-state index is 11.4. The topological polar surface area (TPSA) is 46.9 Å². The molecule has 1 heterocycles. The number of anilines is 1. The molecule has 0 radical (unpaired) electrons. The van der Waals surface area contributed by atoms with E-state index in [1.807, 2.05) is 0 Å². The Hall–Kier alpha value is -1.03. The zero-order chi connectivity index (χ0) is 9.84. The van der Waals surface area contributed by atoms with E-state index in [0.29, 0.717) is 23.9 Å². The lowest BCUT2D eigenvalue weighted by Gasteiger charge is -2.08. The Labute approximate surface area is 81.6 Å². The predicted octanol–water partition coefficient (Wildman–Crippen LogP) is 0.739. The van der Waals surface area contributed by atoms with Crippen molar-refractivity contribution < 1.29 is 0 Å². The van der Waals surface area contributed by atoms with E-state index in [0.717, 1.165) is 0 Å². The zero-order valence-electron chi connectivity index (χ0n) is 7.67. The summed E-state index contributed by atoms with van der Waals surface area (Å²) in [6.45, 7) is 2.34. The molecule has 4 nitrogen and oxygen atoms in total. The monoisotopic (exact) mass is 201 g/mol. The van der Waals surface area contributed by atoms with E-state index in [2.05, 4.69) is 10.3 Å². The van der Waals surface area contributed by atoms with Gasteiger partial charge in [-0.25, -0.2) is 4.98 Å². The van der Waals surface area contributed by atoms with Gasteiger partial charge in [-0.2, -0.15) is 0 Å². The minimum atomic E-state index is -0.0351. The third-order valence-electron chi connectivity index (χ3n) is 1.72. The highest BCUT2D eigenvalue weighted by atomic mass is 35.5. The maximum atomic E-state index is 11.4. The Morgan fingerprint density at radius 1 is 1.69 bits per heavy atom. The van der Waals surface area contributed by atoms with Crippen LogP contribution in [-0.2, 0) is 7.05 Å². The van der Waals surface area contributed by atoms with Gasteiger partial charge in [0, 0.05) is 31.2 Å². The second-order valence-electron chi connectivity index (χ2n) is 2.74. The fourth-order valence-corrected chi connectivity index (χ4v) is 1.08. The average Bonchev–Trinajstić information content (AvgIpc) is 2.13. The lowest BCUT2D eigenvalue weighted by molar-refractivity contribution is 0.814. The highest BCUT2D eigenvalue weighted by Gasteiger charge is 2.01. The molecule has 1 aromatic rings. The summed E-state index contributed by atoms with van der Waals surface area (Å²) in [5, 5.41) is 2.95. The third kappa shape index (κ3) is 2.21. The first-order valence-electron chi connectivity index (χ1n) is 3.99. The number of aromatic nitrogens is 2. The van der Waals surface area contributed by atoms with Crippen LogP contribution in [0, 0.1) is 6.92 Å². The second kappa shape index (κ2) is 4.28. The molecule has 0 bridgehead atoms. The molecule has 0 saturated heterocycles. The van der Waals surface area contributed by atoms with Crippen molar-refractivity contribution in [2.75, 3.05) is 17.7 Å². The average molecular weight is 202 g/mol. The third-order valence-corrected chi connectivity index (χ3v) is 1.91. The van der Waals surface area contributed by atoms with Gasteiger partial charge in [0.05, 0.1) is 0 Å². The number of rotatable bonds is 3. The van der Waals surface area contributed by atoms with Gasteiger partial charge in [0.2, 0.25) is 5.95 Å². The maximum Gasteiger partial charge on any atom is 0.257 e. The number of nitrogens with zero attached hydrogens (tertiary/aromatic N) is 2. The molecule has 13 heavy (non-hydrogen) atoms. The van der Waals surface area contributed by atoms with Crippen LogP contribution in [0.15, 0.2) is 11.0 Å². The molecule has 0 fully saturated rings. The number of hydrogen-bond acceptors (Lipinski definition) is 3. The van der Waals surface area contributed by atoms with Crippen LogP contribution in [0.25, 0.3) is 0 Å². The van der Waals surface area contributed by atoms with Gasteiger partial charge < -0.3 is 5.32 Å². The number of aryl methyl sites for hydroxylation is 1. The van der Waals surface area contributed by atoms with Gasteiger partial charge >= 0.3 is 0 Å². The Morgan fingerprint density at radius 2 is 2.38 bits per heavy atom. The van der Waals surface area contributed by atoms with Crippen molar-refractivity contribution in [3.05, 3.63) is 22.1 Å². The summed E-state index contributed by atoms with van der Waals surface area (Å²) in [5.74, 6) is 1.04. The zero-order valence-corrected chi connectivity index (χ0v) is 8.43. The first-order valence-corrected chi connectivity index (χ1v) is 4.52. The van der Waals surface area contributed by atoms with Gasteiger partial charge in [0.15, 0.2) is 0 Å². The minimum Gasteiger partial charge on any atom is -0.354 e. The molecule has 72 valence electrons. The molecule has 0 saturated carbocycles. The highest BCUT2D eigenvalue weighted by Crippen LogP contribution is 1.97. The van der Waals surface area contributed by atoms with Gasteiger partial charge in [-0.05, 0) is 6.92 Å². The van der Waals surface area contributed by atoms with Gasteiger partial charge in [0.1, 0.15) is 0 Å². The summed E-state index contributed by atoms with van der Waals surface area (Å²) in [4.78, 5) is 15.5. The molecule has 0 spiro atoms. The normalized spacial score (nSPS) is 10.1. The van der Waals surface area contributed by atoms with Crippen molar-refractivity contribution in [1.29, 1.82) is 0 Å². The number of alkyl halides is 1. The molecule has 0 aliphatic heterocycles. The quantitative estimate of drug-likeness (QED) is 0.734. The van der Waals surface area contributed by atoms with Gasteiger partial charge in [-0.1, -0.05) is 0 Å². The first kappa shape index (κ1) is 10.1. The Kier molecular flexibility index (Phi) is 3.31. The SMILES string of the molecule is Cc1cnc(NCCCl)n(C)c1=O. The molecular formula is C8H12ClN3O. The summed E-state index contributed by atoms with van der Waals surface area (Å²) >= 11 is 5.50. The van der Waals surface area contributed by atoms with Crippen LogP contribution in [0.4, 0.5) is 5.95 Å². The number of hydrogen-bond donors (Lipinski definition) is 1. The summed E-state index contributed by atoms with van der Waals surface area (Å²) in [5.41, 5.74) is 0.603. The Morgan fingerprint density at radius 3 is 3.00 bits per heavy atom. The fourth-order valence-electron chi connectivity index (χ4n) is 0.984. The van der Waals surface area contributed by atoms with E-state index >= 15 is 0 Å². The first-order chi connectivity index (χ1) is 6.16. The molecule has 1 aromatic heterocycles. The van der Waals surface area contributed by atoms with Crippen molar-refractivity contribution in [3.63, 3.8) is 0 Å². The lowest BCUT2D eigenvalue weighted by atomic mass is 10.4. The van der Waals surface area contributed by atoms with E-state index in [4.69, 9.17) is 11.6 Å². The van der Waals surface area contributed by atoms with Crippen LogP contribution in [0.1, 0.15) is 5.56 Å². The van der Waals surface area contributed by atoms with E-state index in [-0.39, 0.29) is 5.56 Å². The standard InChI is InChI=1S/C8H12ClN3O/c1-6-5-11-8(10-4-3-9)12(2)7(6)13/h5H,3-4H2,1-2H3,(H,10,11). The van der Waals surface area contributed by atoms with Gasteiger partial charge in [-0.15, -0.1) is 11.6 Å². The van der Waals surface area contributed by atoms with Crippen molar-refractivity contribution in [2.45, 2.75) is 6.92 Å². The molecular weight excluding hydrogens is 190 g/mol. The molecule has 1 N–H and O–H groups in total. The Balaban J connectivity index is 2.97. The minimum absolute atomic E-state index is 0.0351. The van der Waals surface area contributed by atoms with Gasteiger partial charge in [0.25, 0.3) is 5.56 Å². The van der Waals surface area contributed by atoms with Gasteiger partial charge in [-0.3, -0.25) is 9.36 Å². The van der Waals surface area contributed by atoms with E-state index in [1.165, 1.54) is 4.57 Å². The molecule has 0 aromatic carbocycles. The Bertz CT molecular complexity index is 348. The summed E-state index contributed by atoms with van der Waals surface area (Å²) < 4.78 is 1.47. The second-order valence-corrected chi connectivity index (χ2v) is 3.12. The van der Waals surface area contributed by atoms with Crippen LogP contribution in [0.3, 0.4) is 0 Å². The van der Waals surface area contributed by atoms with Crippen LogP contribution >= 0.6 is 11.6 Å². The largest absolute Gasteiger partial charge is 0.354 e. The summed E-state index contributed by atoms with van der Waals surface area (Å²) in [6.07, 6.45) is 1.55. The number of halogens is 1. The van der Waals surface area contributed by atoms with Crippen LogP contribution < -0.4 is 10.9 Å². The van der Waals surface area contributed by atoms with Crippen LogP contribution in [-0.4, -0.2) is 22.0 Å². The van der Waals surface area contributed by atoms with Crippen LogP contribution in [0.5, 0.6) is 0 Å².